The molecule has 0 atom stereocenters. The molecule has 19 heavy (non-hydrogen) atoms. The second-order valence-corrected chi connectivity index (χ2v) is 6.81. The maximum Gasteiger partial charge on any atom is 0.141 e. The van der Waals surface area contributed by atoms with E-state index in [0.717, 1.165) is 18.9 Å². The molecule has 1 heterocycles. The van der Waals surface area contributed by atoms with Crippen molar-refractivity contribution >= 4 is 22.6 Å². The molecule has 0 bridgehead atoms. The van der Waals surface area contributed by atoms with E-state index in [-0.39, 0.29) is 5.54 Å². The number of benzene rings is 1. The van der Waals surface area contributed by atoms with Crippen molar-refractivity contribution in [2.75, 3.05) is 0 Å². The van der Waals surface area contributed by atoms with Crippen LogP contribution in [0.3, 0.4) is 0 Å². The predicted octanol–water partition coefficient (Wildman–Crippen LogP) is 2.82. The van der Waals surface area contributed by atoms with Crippen LogP contribution in [-0.2, 0) is 13.1 Å². The van der Waals surface area contributed by atoms with Crippen molar-refractivity contribution in [1.82, 2.24) is 20.1 Å². The number of aromatic nitrogens is 3. The summed E-state index contributed by atoms with van der Waals surface area (Å²) in [5.74, 6) is 0.966. The summed E-state index contributed by atoms with van der Waals surface area (Å²) in [5.41, 5.74) is 1.32. The Labute approximate surface area is 127 Å². The van der Waals surface area contributed by atoms with Crippen LogP contribution in [0.25, 0.3) is 0 Å². The van der Waals surface area contributed by atoms with Crippen molar-refractivity contribution in [1.29, 1.82) is 0 Å². The average molecular weight is 370 g/mol. The topological polar surface area (TPSA) is 42.7 Å². The number of nitrogens with zero attached hydrogens (tertiary/aromatic N) is 3. The molecule has 2 aromatic rings. The van der Waals surface area contributed by atoms with Gasteiger partial charge in [-0.3, -0.25) is 0 Å². The van der Waals surface area contributed by atoms with Crippen molar-refractivity contribution in [3.05, 3.63) is 45.6 Å². The van der Waals surface area contributed by atoms with Gasteiger partial charge in [0.15, 0.2) is 0 Å². The fourth-order valence-corrected chi connectivity index (χ4v) is 2.02. The summed E-state index contributed by atoms with van der Waals surface area (Å²) >= 11 is 2.31. The molecule has 0 saturated heterocycles. The molecule has 1 N–H and O–H groups in total. The molecule has 1 aromatic heterocycles. The third kappa shape index (κ3) is 4.58. The largest absolute Gasteiger partial charge is 0.305 e. The Morgan fingerprint density at radius 1 is 1.21 bits per heavy atom. The molecule has 0 aliphatic carbocycles. The fraction of sp³-hybridized carbons (Fsp3) is 0.429. The maximum absolute atomic E-state index is 4.32. The number of hydrogen-bond donors (Lipinski definition) is 1. The molecule has 0 spiro atoms. The standard InChI is InChI=1S/C14H19IN4/c1-14(2,3)17-8-13-16-10-18-19(13)9-11-4-6-12(15)7-5-11/h4-7,10,17H,8-9H2,1-3H3. The first-order valence-electron chi connectivity index (χ1n) is 6.30. The van der Waals surface area contributed by atoms with Gasteiger partial charge in [-0.25, -0.2) is 9.67 Å². The van der Waals surface area contributed by atoms with Crippen LogP contribution in [0, 0.1) is 3.57 Å². The molecule has 0 fully saturated rings. The van der Waals surface area contributed by atoms with E-state index in [1.807, 2.05) is 4.68 Å². The molecule has 4 nitrogen and oxygen atoms in total. The van der Waals surface area contributed by atoms with Crippen LogP contribution in [0.2, 0.25) is 0 Å². The molecular weight excluding hydrogens is 351 g/mol. The Morgan fingerprint density at radius 2 is 1.89 bits per heavy atom. The van der Waals surface area contributed by atoms with Gasteiger partial charge in [0.2, 0.25) is 0 Å². The van der Waals surface area contributed by atoms with E-state index in [9.17, 15) is 0 Å². The van der Waals surface area contributed by atoms with E-state index >= 15 is 0 Å². The minimum absolute atomic E-state index is 0.0830. The lowest BCUT2D eigenvalue weighted by Gasteiger charge is -2.20. The zero-order chi connectivity index (χ0) is 13.9. The third-order valence-corrected chi connectivity index (χ3v) is 3.44. The smallest absolute Gasteiger partial charge is 0.141 e. The van der Waals surface area contributed by atoms with Crippen molar-refractivity contribution in [3.63, 3.8) is 0 Å². The number of rotatable bonds is 4. The minimum atomic E-state index is 0.0830. The van der Waals surface area contributed by atoms with E-state index in [2.05, 4.69) is 83.0 Å². The molecule has 1 aromatic carbocycles. The number of nitrogens with one attached hydrogen (secondary N) is 1. The monoisotopic (exact) mass is 370 g/mol. The molecule has 0 amide bonds. The molecule has 2 rings (SSSR count). The average Bonchev–Trinajstić information content (AvgIpc) is 2.76. The van der Waals surface area contributed by atoms with Crippen LogP contribution in [0.4, 0.5) is 0 Å². The normalized spacial score (nSPS) is 11.8. The van der Waals surface area contributed by atoms with Crippen LogP contribution in [0.15, 0.2) is 30.6 Å². The molecule has 0 aliphatic rings. The first-order valence-corrected chi connectivity index (χ1v) is 7.38. The van der Waals surface area contributed by atoms with Crippen molar-refractivity contribution in [2.45, 2.75) is 39.4 Å². The molecular formula is C14H19IN4. The third-order valence-electron chi connectivity index (χ3n) is 2.72. The minimum Gasteiger partial charge on any atom is -0.305 e. The first kappa shape index (κ1) is 14.5. The van der Waals surface area contributed by atoms with Gasteiger partial charge >= 0.3 is 0 Å². The van der Waals surface area contributed by atoms with Gasteiger partial charge in [0.1, 0.15) is 12.2 Å². The van der Waals surface area contributed by atoms with Gasteiger partial charge in [-0.1, -0.05) is 12.1 Å². The van der Waals surface area contributed by atoms with Crippen molar-refractivity contribution in [2.24, 2.45) is 0 Å². The SMILES string of the molecule is CC(C)(C)NCc1ncnn1Cc1ccc(I)cc1. The summed E-state index contributed by atoms with van der Waals surface area (Å²) in [6, 6.07) is 8.48. The highest BCUT2D eigenvalue weighted by Gasteiger charge is 2.11. The fourth-order valence-electron chi connectivity index (χ4n) is 1.66. The van der Waals surface area contributed by atoms with Gasteiger partial charge in [-0.2, -0.15) is 5.10 Å². The van der Waals surface area contributed by atoms with Crippen molar-refractivity contribution in [3.8, 4) is 0 Å². The zero-order valence-electron chi connectivity index (χ0n) is 11.5. The molecule has 0 aliphatic heterocycles. The van der Waals surface area contributed by atoms with Gasteiger partial charge < -0.3 is 5.32 Å². The van der Waals surface area contributed by atoms with Crippen molar-refractivity contribution < 1.29 is 0 Å². The quantitative estimate of drug-likeness (QED) is 0.842. The van der Waals surface area contributed by atoms with E-state index < -0.39 is 0 Å². The van der Waals surface area contributed by atoms with E-state index in [1.54, 1.807) is 6.33 Å². The molecule has 5 heteroatoms. The molecule has 0 unspecified atom stereocenters. The van der Waals surface area contributed by atoms with E-state index in [0.29, 0.717) is 0 Å². The second-order valence-electron chi connectivity index (χ2n) is 5.56. The highest BCUT2D eigenvalue weighted by Crippen LogP contribution is 2.09. The summed E-state index contributed by atoms with van der Waals surface area (Å²) in [4.78, 5) is 4.32. The Hall–Kier alpha value is -0.950. The summed E-state index contributed by atoms with van der Waals surface area (Å²) in [7, 11) is 0. The predicted molar refractivity (Wildman–Crippen MR) is 84.9 cm³/mol. The Balaban J connectivity index is 2.05. The lowest BCUT2D eigenvalue weighted by molar-refractivity contribution is 0.410. The maximum atomic E-state index is 4.32. The van der Waals surface area contributed by atoms with Crippen LogP contribution < -0.4 is 5.32 Å². The highest BCUT2D eigenvalue weighted by atomic mass is 127. The van der Waals surface area contributed by atoms with Crippen LogP contribution in [0.1, 0.15) is 32.2 Å². The van der Waals surface area contributed by atoms with E-state index in [1.165, 1.54) is 9.13 Å². The molecule has 102 valence electrons. The second kappa shape index (κ2) is 6.00. The Kier molecular flexibility index (Phi) is 4.57. The van der Waals surface area contributed by atoms with Gasteiger partial charge in [-0.05, 0) is 61.1 Å². The van der Waals surface area contributed by atoms with Crippen LogP contribution in [0.5, 0.6) is 0 Å². The summed E-state index contributed by atoms with van der Waals surface area (Å²) in [5, 5.41) is 7.73. The summed E-state index contributed by atoms with van der Waals surface area (Å²) < 4.78 is 3.19. The van der Waals surface area contributed by atoms with Crippen LogP contribution >= 0.6 is 22.6 Å². The lowest BCUT2D eigenvalue weighted by atomic mass is 10.1. The highest BCUT2D eigenvalue weighted by molar-refractivity contribution is 14.1. The van der Waals surface area contributed by atoms with Crippen LogP contribution in [-0.4, -0.2) is 20.3 Å². The number of hydrogen-bond acceptors (Lipinski definition) is 3. The molecule has 0 radical (unpaired) electrons. The van der Waals surface area contributed by atoms with Gasteiger partial charge in [-0.15, -0.1) is 0 Å². The summed E-state index contributed by atoms with van der Waals surface area (Å²) in [6.45, 7) is 7.93. The Bertz CT molecular complexity index is 525. The number of halogens is 1. The van der Waals surface area contributed by atoms with Gasteiger partial charge in [0.25, 0.3) is 0 Å². The summed E-state index contributed by atoms with van der Waals surface area (Å²) in [6.07, 6.45) is 1.62. The molecule has 0 saturated carbocycles. The Morgan fingerprint density at radius 3 is 2.53 bits per heavy atom. The first-order chi connectivity index (χ1) is 8.94. The van der Waals surface area contributed by atoms with Gasteiger partial charge in [0, 0.05) is 9.11 Å². The van der Waals surface area contributed by atoms with Gasteiger partial charge in [0.05, 0.1) is 13.1 Å². The lowest BCUT2D eigenvalue weighted by Crippen LogP contribution is -2.36. The van der Waals surface area contributed by atoms with E-state index in [4.69, 9.17) is 0 Å². The zero-order valence-corrected chi connectivity index (χ0v) is 13.7.